The standard InChI is InChI=1S/C25H38ClIN4O9/c1-23(2,3)38-20(32)35-11-12-10-13(29-18-14(27)17(26)30-19(28)31-18)16(37-22(34)40-25(7,8)9)15(12)36-21(33)39-24(4,5)6/h12-13,15-16H,10-11H2,1-9H3,(H3,28,29,30,31)/t12-,13-,15-,16+/m1/s1. The largest absolute Gasteiger partial charge is 0.509 e. The van der Waals surface area contributed by atoms with Crippen LogP contribution in [0.4, 0.5) is 26.1 Å². The minimum atomic E-state index is -1.12. The summed E-state index contributed by atoms with van der Waals surface area (Å²) < 4.78 is 33.1. The van der Waals surface area contributed by atoms with Crippen molar-refractivity contribution in [2.75, 3.05) is 17.7 Å². The molecule has 0 saturated heterocycles. The molecule has 226 valence electrons. The number of hydrogen-bond donors (Lipinski definition) is 2. The third-order valence-corrected chi connectivity index (χ3v) is 6.55. The van der Waals surface area contributed by atoms with E-state index in [0.717, 1.165) is 0 Å². The predicted molar refractivity (Wildman–Crippen MR) is 154 cm³/mol. The van der Waals surface area contributed by atoms with Crippen LogP contribution in [0.3, 0.4) is 0 Å². The summed E-state index contributed by atoms with van der Waals surface area (Å²) in [5, 5.41) is 3.27. The lowest BCUT2D eigenvalue weighted by Gasteiger charge is -2.29. The molecule has 0 bridgehead atoms. The molecule has 15 heteroatoms. The van der Waals surface area contributed by atoms with E-state index in [1.54, 1.807) is 62.3 Å². The smallest absolute Gasteiger partial charge is 0.434 e. The van der Waals surface area contributed by atoms with Crippen molar-refractivity contribution in [2.24, 2.45) is 5.92 Å². The second-order valence-corrected chi connectivity index (χ2v) is 13.6. The molecule has 1 heterocycles. The summed E-state index contributed by atoms with van der Waals surface area (Å²) in [6, 6.07) is -0.717. The molecule has 1 fully saturated rings. The summed E-state index contributed by atoms with van der Waals surface area (Å²) in [6.07, 6.45) is -4.95. The number of ether oxygens (including phenoxy) is 6. The van der Waals surface area contributed by atoms with E-state index in [0.29, 0.717) is 3.57 Å². The first-order valence-electron chi connectivity index (χ1n) is 12.5. The van der Waals surface area contributed by atoms with Gasteiger partial charge in [0.2, 0.25) is 5.95 Å². The monoisotopic (exact) mass is 700 g/mol. The zero-order valence-corrected chi connectivity index (χ0v) is 27.0. The summed E-state index contributed by atoms with van der Waals surface area (Å²) >= 11 is 8.12. The maximum absolute atomic E-state index is 12.8. The molecule has 1 saturated carbocycles. The highest BCUT2D eigenvalue weighted by molar-refractivity contribution is 14.1. The van der Waals surface area contributed by atoms with Crippen LogP contribution in [-0.4, -0.2) is 70.1 Å². The molecule has 1 aromatic rings. The van der Waals surface area contributed by atoms with Crippen molar-refractivity contribution in [1.29, 1.82) is 0 Å². The minimum absolute atomic E-state index is 0.0816. The fourth-order valence-corrected chi connectivity index (χ4v) is 4.21. The van der Waals surface area contributed by atoms with Crippen molar-refractivity contribution in [2.45, 2.75) is 104 Å². The lowest BCUT2D eigenvalue weighted by Crippen LogP contribution is -2.44. The minimum Gasteiger partial charge on any atom is -0.434 e. The number of aromatic nitrogens is 2. The molecule has 40 heavy (non-hydrogen) atoms. The number of nitrogen functional groups attached to an aromatic ring is 1. The van der Waals surface area contributed by atoms with Gasteiger partial charge in [-0.1, -0.05) is 11.6 Å². The highest BCUT2D eigenvalue weighted by Crippen LogP contribution is 2.36. The Bertz CT molecular complexity index is 1090. The van der Waals surface area contributed by atoms with Crippen molar-refractivity contribution < 1.29 is 42.8 Å². The first kappa shape index (κ1) is 33.7. The van der Waals surface area contributed by atoms with E-state index in [4.69, 9.17) is 45.8 Å². The Morgan fingerprint density at radius 3 is 1.85 bits per heavy atom. The molecule has 13 nitrogen and oxygen atoms in total. The Balaban J connectivity index is 2.43. The fourth-order valence-electron chi connectivity index (χ4n) is 3.64. The van der Waals surface area contributed by atoms with Crippen LogP contribution in [0.5, 0.6) is 0 Å². The zero-order chi connectivity index (χ0) is 30.6. The Labute approximate surface area is 252 Å². The molecule has 0 spiro atoms. The average Bonchev–Trinajstić information content (AvgIpc) is 3.02. The van der Waals surface area contributed by atoms with Crippen LogP contribution >= 0.6 is 34.2 Å². The second kappa shape index (κ2) is 13.0. The highest BCUT2D eigenvalue weighted by Gasteiger charge is 2.50. The van der Waals surface area contributed by atoms with Crippen molar-refractivity contribution in [3.8, 4) is 0 Å². The Morgan fingerprint density at radius 1 is 0.875 bits per heavy atom. The van der Waals surface area contributed by atoms with E-state index in [-0.39, 0.29) is 29.9 Å². The van der Waals surface area contributed by atoms with Crippen LogP contribution in [0.2, 0.25) is 5.15 Å². The number of nitrogens with zero attached hydrogens (tertiary/aromatic N) is 2. The van der Waals surface area contributed by atoms with Crippen molar-refractivity contribution in [3.63, 3.8) is 0 Å². The summed E-state index contributed by atoms with van der Waals surface area (Å²) in [6.45, 7) is 14.9. The molecule has 1 aliphatic rings. The lowest BCUT2D eigenvalue weighted by atomic mass is 10.1. The maximum atomic E-state index is 12.8. The summed E-state index contributed by atoms with van der Waals surface area (Å²) in [5.41, 5.74) is 3.29. The topological polar surface area (TPSA) is 170 Å². The average molecular weight is 701 g/mol. The third-order valence-electron chi connectivity index (χ3n) is 4.94. The van der Waals surface area contributed by atoms with Crippen LogP contribution in [0, 0.1) is 9.49 Å². The number of carbonyl (C=O) groups excluding carboxylic acids is 3. The van der Waals surface area contributed by atoms with E-state index in [1.165, 1.54) is 0 Å². The second-order valence-electron chi connectivity index (χ2n) is 12.2. The summed E-state index contributed by atoms with van der Waals surface area (Å²) in [4.78, 5) is 45.9. The number of nitrogens with one attached hydrogen (secondary N) is 1. The van der Waals surface area contributed by atoms with Gasteiger partial charge >= 0.3 is 18.5 Å². The van der Waals surface area contributed by atoms with Gasteiger partial charge in [-0.2, -0.15) is 4.98 Å². The molecular formula is C25H38ClIN4O9. The lowest BCUT2D eigenvalue weighted by molar-refractivity contribution is -0.0907. The fraction of sp³-hybridized carbons (Fsp3) is 0.720. The molecule has 0 amide bonds. The Kier molecular flexibility index (Phi) is 11.0. The number of rotatable bonds is 6. The van der Waals surface area contributed by atoms with E-state index in [1.807, 2.05) is 22.6 Å². The van der Waals surface area contributed by atoms with Gasteiger partial charge in [-0.15, -0.1) is 0 Å². The first-order chi connectivity index (χ1) is 18.1. The van der Waals surface area contributed by atoms with Gasteiger partial charge in [0, 0.05) is 5.92 Å². The first-order valence-corrected chi connectivity index (χ1v) is 14.0. The van der Waals surface area contributed by atoms with Gasteiger partial charge in [-0.3, -0.25) is 0 Å². The van der Waals surface area contributed by atoms with Crippen LogP contribution in [0.25, 0.3) is 0 Å². The van der Waals surface area contributed by atoms with Crippen LogP contribution in [-0.2, 0) is 28.4 Å². The van der Waals surface area contributed by atoms with Gasteiger partial charge in [0.1, 0.15) is 34.4 Å². The summed E-state index contributed by atoms with van der Waals surface area (Å²) in [5.74, 6) is -0.468. The number of nitrogens with two attached hydrogens (primary N) is 1. The van der Waals surface area contributed by atoms with Gasteiger partial charge in [-0.05, 0) is 91.3 Å². The van der Waals surface area contributed by atoms with Crippen molar-refractivity contribution in [3.05, 3.63) is 8.72 Å². The van der Waals surface area contributed by atoms with Gasteiger partial charge in [0.25, 0.3) is 0 Å². The molecule has 1 aromatic heterocycles. The SMILES string of the molecule is CC(C)(C)OC(=O)OC[C@H]1C[C@@H](Nc2nc(N)nc(Cl)c2I)[C@H](OC(=O)OC(C)(C)C)[C@@H]1OC(=O)OC(C)(C)C. The molecule has 0 radical (unpaired) electrons. The maximum Gasteiger partial charge on any atom is 0.509 e. The Hall–Kier alpha value is -2.49. The van der Waals surface area contributed by atoms with Crippen molar-refractivity contribution >= 4 is 64.4 Å². The van der Waals surface area contributed by atoms with Crippen molar-refractivity contribution in [1.82, 2.24) is 9.97 Å². The van der Waals surface area contributed by atoms with Crippen LogP contribution in [0.1, 0.15) is 68.7 Å². The Morgan fingerprint density at radius 2 is 1.35 bits per heavy atom. The zero-order valence-electron chi connectivity index (χ0n) is 24.1. The number of hydrogen-bond acceptors (Lipinski definition) is 13. The quantitative estimate of drug-likeness (QED) is 0.160. The van der Waals surface area contributed by atoms with E-state index in [9.17, 15) is 14.4 Å². The molecule has 1 aliphatic carbocycles. The molecule has 0 unspecified atom stereocenters. The molecule has 4 atom stereocenters. The normalized spacial score (nSPS) is 21.3. The van der Waals surface area contributed by atoms with E-state index < -0.39 is 59.4 Å². The van der Waals surface area contributed by atoms with E-state index in [2.05, 4.69) is 15.3 Å². The highest BCUT2D eigenvalue weighted by atomic mass is 127. The van der Waals surface area contributed by atoms with Crippen LogP contribution in [0.15, 0.2) is 0 Å². The molecule has 3 N–H and O–H groups in total. The third kappa shape index (κ3) is 11.2. The molecule has 0 aromatic carbocycles. The van der Waals surface area contributed by atoms with Gasteiger partial charge < -0.3 is 39.5 Å². The number of anilines is 2. The number of halogens is 2. The molecular weight excluding hydrogens is 663 g/mol. The summed E-state index contributed by atoms with van der Waals surface area (Å²) in [7, 11) is 0. The van der Waals surface area contributed by atoms with Gasteiger partial charge in [0.05, 0.1) is 9.61 Å². The van der Waals surface area contributed by atoms with Gasteiger partial charge in [-0.25, -0.2) is 19.4 Å². The van der Waals surface area contributed by atoms with Gasteiger partial charge in [0.15, 0.2) is 12.2 Å². The van der Waals surface area contributed by atoms with E-state index >= 15 is 0 Å². The van der Waals surface area contributed by atoms with Crippen LogP contribution < -0.4 is 11.1 Å². The predicted octanol–water partition coefficient (Wildman–Crippen LogP) is 5.71. The molecule has 2 rings (SSSR count). The number of carbonyl (C=O) groups is 3. The molecule has 0 aliphatic heterocycles.